The highest BCUT2D eigenvalue weighted by atomic mass is 16.5. The molecule has 2 aromatic heterocycles. The van der Waals surface area contributed by atoms with Gasteiger partial charge in [-0.25, -0.2) is 9.50 Å². The summed E-state index contributed by atoms with van der Waals surface area (Å²) in [5, 5.41) is 13.4. The Hall–Kier alpha value is -4.02. The van der Waals surface area contributed by atoms with Crippen LogP contribution in [0.3, 0.4) is 0 Å². The maximum absolute atomic E-state index is 10.2. The number of hydrogen-bond donors (Lipinski definition) is 0. The molecule has 4 aromatic rings. The summed E-state index contributed by atoms with van der Waals surface area (Å²) in [6.07, 6.45) is 2.53. The van der Waals surface area contributed by atoms with Crippen LogP contribution in [0.2, 0.25) is 0 Å². The zero-order valence-electron chi connectivity index (χ0n) is 20.6. The van der Waals surface area contributed by atoms with E-state index in [4.69, 9.17) is 10.00 Å². The molecule has 7 nitrogen and oxygen atoms in total. The van der Waals surface area contributed by atoms with Crippen molar-refractivity contribution in [2.24, 2.45) is 5.92 Å². The molecule has 0 radical (unpaired) electrons. The molecule has 0 amide bonds. The minimum absolute atomic E-state index is 0.229. The van der Waals surface area contributed by atoms with E-state index in [0.717, 1.165) is 54.2 Å². The summed E-state index contributed by atoms with van der Waals surface area (Å²) in [4.78, 5) is 17.0. The summed E-state index contributed by atoms with van der Waals surface area (Å²) in [7, 11) is 0. The van der Waals surface area contributed by atoms with Gasteiger partial charge in [-0.15, -0.1) is 0 Å². The van der Waals surface area contributed by atoms with Crippen molar-refractivity contribution < 1.29 is 9.53 Å². The Morgan fingerprint density at radius 1 is 1.06 bits per heavy atom. The number of hydrogen-bond acceptors (Lipinski definition) is 6. The predicted molar refractivity (Wildman–Crippen MR) is 139 cm³/mol. The summed E-state index contributed by atoms with van der Waals surface area (Å²) < 4.78 is 7.88. The van der Waals surface area contributed by atoms with Gasteiger partial charge in [-0.1, -0.05) is 30.3 Å². The highest BCUT2D eigenvalue weighted by Crippen LogP contribution is 2.29. The van der Waals surface area contributed by atoms with Crippen LogP contribution in [0.25, 0.3) is 16.9 Å². The molecule has 36 heavy (non-hydrogen) atoms. The SMILES string of the molecule is CC(=O)C1CC1.Cc1nc2cccc(-c3ccc(N4CC(OCc5ccc(C#N)cc5)C4)cc3)n2n1. The molecule has 3 heterocycles. The second-order valence-electron chi connectivity index (χ2n) is 9.42. The molecule has 1 saturated carbocycles. The van der Waals surface area contributed by atoms with Crippen LogP contribution < -0.4 is 4.90 Å². The van der Waals surface area contributed by atoms with E-state index in [2.05, 4.69) is 51.4 Å². The highest BCUT2D eigenvalue weighted by Gasteiger charge is 2.27. The Morgan fingerprint density at radius 3 is 2.39 bits per heavy atom. The number of nitriles is 1. The first-order chi connectivity index (χ1) is 17.5. The quantitative estimate of drug-likeness (QED) is 0.388. The minimum atomic E-state index is 0.229. The fourth-order valence-electron chi connectivity index (χ4n) is 4.21. The van der Waals surface area contributed by atoms with E-state index in [1.165, 1.54) is 5.69 Å². The van der Waals surface area contributed by atoms with Crippen LogP contribution in [-0.2, 0) is 16.1 Å². The van der Waals surface area contributed by atoms with Crippen LogP contribution >= 0.6 is 0 Å². The monoisotopic (exact) mass is 479 g/mol. The smallest absolute Gasteiger partial charge is 0.156 e. The molecule has 6 rings (SSSR count). The maximum atomic E-state index is 10.2. The van der Waals surface area contributed by atoms with Crippen molar-refractivity contribution in [2.75, 3.05) is 18.0 Å². The number of rotatable bonds is 6. The van der Waals surface area contributed by atoms with Crippen LogP contribution in [-0.4, -0.2) is 39.6 Å². The minimum Gasteiger partial charge on any atom is -0.370 e. The van der Waals surface area contributed by atoms with Gasteiger partial charge in [-0.3, -0.25) is 4.79 Å². The number of ketones is 1. The van der Waals surface area contributed by atoms with Crippen molar-refractivity contribution in [2.45, 2.75) is 39.4 Å². The summed E-state index contributed by atoms with van der Waals surface area (Å²) in [5.41, 5.74) is 5.97. The predicted octanol–water partition coefficient (Wildman–Crippen LogP) is 4.97. The lowest BCUT2D eigenvalue weighted by Crippen LogP contribution is -2.52. The fraction of sp³-hybridized carbons (Fsp3) is 0.310. The van der Waals surface area contributed by atoms with Crippen molar-refractivity contribution >= 4 is 17.1 Å². The molecule has 0 spiro atoms. The fourth-order valence-corrected chi connectivity index (χ4v) is 4.21. The molecule has 2 aliphatic rings. The van der Waals surface area contributed by atoms with Gasteiger partial charge in [-0.2, -0.15) is 10.4 Å². The lowest BCUT2D eigenvalue weighted by atomic mass is 10.1. The van der Waals surface area contributed by atoms with E-state index < -0.39 is 0 Å². The van der Waals surface area contributed by atoms with Gasteiger partial charge < -0.3 is 9.64 Å². The van der Waals surface area contributed by atoms with Gasteiger partial charge in [0.25, 0.3) is 0 Å². The first-order valence-corrected chi connectivity index (χ1v) is 12.3. The molecule has 1 saturated heterocycles. The van der Waals surface area contributed by atoms with E-state index in [9.17, 15) is 4.79 Å². The Kier molecular flexibility index (Phi) is 6.79. The van der Waals surface area contributed by atoms with Gasteiger partial charge in [0.15, 0.2) is 5.65 Å². The van der Waals surface area contributed by atoms with Gasteiger partial charge in [0, 0.05) is 30.3 Å². The number of aryl methyl sites for hydroxylation is 1. The van der Waals surface area contributed by atoms with E-state index in [-0.39, 0.29) is 6.10 Å². The third-order valence-corrected chi connectivity index (χ3v) is 6.56. The summed E-state index contributed by atoms with van der Waals surface area (Å²) in [5.74, 6) is 1.60. The number of Topliss-reactive ketones (excluding diaryl/α,β-unsaturated/α-hetero) is 1. The lowest BCUT2D eigenvalue weighted by Gasteiger charge is -2.40. The van der Waals surface area contributed by atoms with Crippen LogP contribution in [0, 0.1) is 24.2 Å². The third kappa shape index (κ3) is 5.45. The number of carbonyl (C=O) groups excluding carboxylic acids is 1. The summed E-state index contributed by atoms with van der Waals surface area (Å²) in [6, 6.07) is 24.3. The van der Waals surface area contributed by atoms with Gasteiger partial charge in [0.2, 0.25) is 0 Å². The lowest BCUT2D eigenvalue weighted by molar-refractivity contribution is -0.118. The average Bonchev–Trinajstić information content (AvgIpc) is 3.65. The standard InChI is InChI=1S/C24H21N5O.C5H8O/c1-17-26-24-4-2-3-23(29(24)27-17)20-9-11-21(12-10-20)28-14-22(15-28)30-16-19-7-5-18(13-25)6-8-19;1-4(6)5-2-3-5/h2-12,22H,14-16H2,1H3;5H,2-3H2,1H3. The first-order valence-electron chi connectivity index (χ1n) is 12.3. The number of nitrogens with zero attached hydrogens (tertiary/aromatic N) is 5. The van der Waals surface area contributed by atoms with Gasteiger partial charge in [-0.05, 0) is 68.7 Å². The zero-order chi connectivity index (χ0) is 25.1. The highest BCUT2D eigenvalue weighted by molar-refractivity contribution is 5.80. The normalized spacial score (nSPS) is 15.1. The number of pyridine rings is 1. The van der Waals surface area contributed by atoms with Crippen LogP contribution in [0.1, 0.15) is 36.7 Å². The number of ether oxygens (including phenoxy) is 1. The Morgan fingerprint density at radius 2 is 1.78 bits per heavy atom. The zero-order valence-corrected chi connectivity index (χ0v) is 20.6. The van der Waals surface area contributed by atoms with Crippen molar-refractivity contribution in [3.05, 3.63) is 83.7 Å². The van der Waals surface area contributed by atoms with Crippen LogP contribution in [0.5, 0.6) is 0 Å². The molecule has 0 atom stereocenters. The van der Waals surface area contributed by atoms with Crippen molar-refractivity contribution in [1.82, 2.24) is 14.6 Å². The van der Waals surface area contributed by atoms with E-state index in [1.807, 2.05) is 47.8 Å². The number of aromatic nitrogens is 3. The molecule has 0 N–H and O–H groups in total. The molecule has 2 fully saturated rings. The molecule has 2 aromatic carbocycles. The average molecular weight is 480 g/mol. The van der Waals surface area contributed by atoms with E-state index in [0.29, 0.717) is 23.9 Å². The Labute approximate surface area is 211 Å². The second kappa shape index (κ2) is 10.3. The van der Waals surface area contributed by atoms with Gasteiger partial charge in [0.1, 0.15) is 11.6 Å². The Balaban J connectivity index is 0.000000391. The number of anilines is 1. The molecule has 1 aliphatic heterocycles. The number of benzene rings is 2. The van der Waals surface area contributed by atoms with E-state index >= 15 is 0 Å². The molecular formula is C29H29N5O2. The topological polar surface area (TPSA) is 83.5 Å². The molecular weight excluding hydrogens is 450 g/mol. The van der Waals surface area contributed by atoms with Crippen LogP contribution in [0.15, 0.2) is 66.7 Å². The van der Waals surface area contributed by atoms with Crippen LogP contribution in [0.4, 0.5) is 5.69 Å². The molecule has 1 aliphatic carbocycles. The molecule has 0 bridgehead atoms. The third-order valence-electron chi connectivity index (χ3n) is 6.56. The first kappa shape index (κ1) is 23.7. The largest absolute Gasteiger partial charge is 0.370 e. The summed E-state index contributed by atoms with van der Waals surface area (Å²) in [6.45, 7) is 5.91. The second-order valence-corrected chi connectivity index (χ2v) is 9.42. The van der Waals surface area contributed by atoms with Crippen molar-refractivity contribution in [3.63, 3.8) is 0 Å². The van der Waals surface area contributed by atoms with Crippen molar-refractivity contribution in [3.8, 4) is 17.3 Å². The Bertz CT molecular complexity index is 1390. The van der Waals surface area contributed by atoms with Gasteiger partial charge >= 0.3 is 0 Å². The van der Waals surface area contributed by atoms with Gasteiger partial charge in [0.05, 0.1) is 30.0 Å². The number of carbonyl (C=O) groups is 1. The maximum Gasteiger partial charge on any atom is 0.156 e. The molecule has 0 unspecified atom stereocenters. The molecule has 7 heteroatoms. The van der Waals surface area contributed by atoms with Crippen molar-refractivity contribution in [1.29, 1.82) is 5.26 Å². The summed E-state index contributed by atoms with van der Waals surface area (Å²) >= 11 is 0. The number of fused-ring (bicyclic) bond motifs is 1. The van der Waals surface area contributed by atoms with E-state index in [1.54, 1.807) is 6.92 Å². The molecule has 182 valence electrons.